The van der Waals surface area contributed by atoms with Gasteiger partial charge in [-0.25, -0.2) is 19.3 Å². The number of nitrogens with zero attached hydrogens (tertiary/aromatic N) is 4. The zero-order valence-electron chi connectivity index (χ0n) is 10.8. The van der Waals surface area contributed by atoms with Crippen LogP contribution < -0.4 is 0 Å². The fraction of sp³-hybridized carbons (Fsp3) is 0.0667. The van der Waals surface area contributed by atoms with E-state index in [0.717, 1.165) is 5.01 Å². The Morgan fingerprint density at radius 2 is 1.95 bits per heavy atom. The number of nitriles is 1. The second kappa shape index (κ2) is 5.77. The maximum absolute atomic E-state index is 13.6. The predicted molar refractivity (Wildman–Crippen MR) is 77.1 cm³/mol. The number of benzene rings is 1. The lowest BCUT2D eigenvalue weighted by molar-refractivity contribution is 0.614. The molecule has 0 radical (unpaired) electrons. The molecule has 0 aliphatic carbocycles. The van der Waals surface area contributed by atoms with E-state index in [0.29, 0.717) is 29.1 Å². The van der Waals surface area contributed by atoms with Gasteiger partial charge < -0.3 is 0 Å². The highest BCUT2D eigenvalue weighted by molar-refractivity contribution is 7.10. The minimum atomic E-state index is -0.233. The van der Waals surface area contributed by atoms with Crippen LogP contribution in [0.25, 0.3) is 11.5 Å². The average molecular weight is 296 g/mol. The van der Waals surface area contributed by atoms with E-state index < -0.39 is 0 Å². The van der Waals surface area contributed by atoms with Crippen molar-refractivity contribution in [1.29, 1.82) is 5.26 Å². The number of halogens is 1. The minimum Gasteiger partial charge on any atom is -0.238 e. The largest absolute Gasteiger partial charge is 0.238 e. The summed E-state index contributed by atoms with van der Waals surface area (Å²) < 4.78 is 13.6. The third kappa shape index (κ3) is 2.93. The summed E-state index contributed by atoms with van der Waals surface area (Å²) in [6.07, 6.45) is 3.35. The van der Waals surface area contributed by atoms with Crippen molar-refractivity contribution in [1.82, 2.24) is 15.0 Å². The van der Waals surface area contributed by atoms with Crippen molar-refractivity contribution >= 4 is 11.3 Å². The fourth-order valence-electron chi connectivity index (χ4n) is 1.82. The predicted octanol–water partition coefficient (Wildman–Crippen LogP) is 3.20. The summed E-state index contributed by atoms with van der Waals surface area (Å²) in [4.78, 5) is 12.6. The number of aromatic nitrogens is 3. The van der Waals surface area contributed by atoms with E-state index in [2.05, 4.69) is 15.0 Å². The Balaban J connectivity index is 1.83. The van der Waals surface area contributed by atoms with Gasteiger partial charge in [0.2, 0.25) is 0 Å². The Bertz CT molecular complexity index is 805. The first-order valence-electron chi connectivity index (χ1n) is 6.16. The number of thiazole rings is 1. The van der Waals surface area contributed by atoms with Crippen molar-refractivity contribution in [3.05, 3.63) is 64.0 Å². The van der Waals surface area contributed by atoms with Gasteiger partial charge in [0.15, 0.2) is 5.82 Å². The van der Waals surface area contributed by atoms with Gasteiger partial charge in [0.25, 0.3) is 0 Å². The van der Waals surface area contributed by atoms with E-state index in [-0.39, 0.29) is 5.82 Å². The van der Waals surface area contributed by atoms with Crippen molar-refractivity contribution < 1.29 is 4.39 Å². The van der Waals surface area contributed by atoms with Gasteiger partial charge in [0.05, 0.1) is 10.6 Å². The molecule has 0 atom stereocenters. The topological polar surface area (TPSA) is 62.5 Å². The van der Waals surface area contributed by atoms with E-state index in [1.165, 1.54) is 29.8 Å². The van der Waals surface area contributed by atoms with Crippen molar-refractivity contribution in [2.45, 2.75) is 6.42 Å². The van der Waals surface area contributed by atoms with Gasteiger partial charge in [0, 0.05) is 24.2 Å². The molecule has 1 aromatic carbocycles. The molecular formula is C15H9FN4S. The van der Waals surface area contributed by atoms with Gasteiger partial charge in [-0.1, -0.05) is 18.2 Å². The highest BCUT2D eigenvalue weighted by Crippen LogP contribution is 2.21. The Morgan fingerprint density at radius 3 is 2.67 bits per heavy atom. The molecule has 2 aromatic heterocycles. The number of hydrogen-bond donors (Lipinski definition) is 0. The van der Waals surface area contributed by atoms with Crippen LogP contribution in [0.5, 0.6) is 0 Å². The van der Waals surface area contributed by atoms with Crippen molar-refractivity contribution in [2.75, 3.05) is 0 Å². The summed E-state index contributed by atoms with van der Waals surface area (Å²) in [5, 5.41) is 11.3. The van der Waals surface area contributed by atoms with Gasteiger partial charge in [0.1, 0.15) is 17.6 Å². The average Bonchev–Trinajstić information content (AvgIpc) is 2.98. The molecule has 0 bridgehead atoms. The Kier molecular flexibility index (Phi) is 3.67. The van der Waals surface area contributed by atoms with Crippen LogP contribution in [0.1, 0.15) is 16.1 Å². The van der Waals surface area contributed by atoms with E-state index in [4.69, 9.17) is 5.26 Å². The molecule has 102 valence electrons. The molecule has 0 aliphatic rings. The summed E-state index contributed by atoms with van der Waals surface area (Å²) >= 11 is 1.44. The fourth-order valence-corrected chi connectivity index (χ4v) is 2.61. The molecule has 0 saturated heterocycles. The first kappa shape index (κ1) is 13.3. The Morgan fingerprint density at radius 1 is 1.19 bits per heavy atom. The molecule has 0 spiro atoms. The monoisotopic (exact) mass is 296 g/mol. The zero-order chi connectivity index (χ0) is 14.7. The standard InChI is InChI=1S/C15H9FN4S/c16-12-4-2-1-3-11(12)5-14-20-13(9-21-14)15-18-7-10(6-17)8-19-15/h1-4,7-9H,5H2. The highest BCUT2D eigenvalue weighted by atomic mass is 32.1. The van der Waals surface area contributed by atoms with Crippen LogP contribution in [0.3, 0.4) is 0 Å². The summed E-state index contributed by atoms with van der Waals surface area (Å²) in [5.74, 6) is 0.230. The lowest BCUT2D eigenvalue weighted by atomic mass is 10.1. The van der Waals surface area contributed by atoms with Gasteiger partial charge in [-0.2, -0.15) is 5.26 Å². The summed E-state index contributed by atoms with van der Waals surface area (Å²) in [6, 6.07) is 8.61. The molecule has 3 rings (SSSR count). The summed E-state index contributed by atoms with van der Waals surface area (Å²) in [7, 11) is 0. The molecule has 0 aliphatic heterocycles. The second-order valence-electron chi connectivity index (χ2n) is 4.30. The normalized spacial score (nSPS) is 10.3. The number of hydrogen-bond acceptors (Lipinski definition) is 5. The van der Waals surface area contributed by atoms with E-state index in [1.54, 1.807) is 18.2 Å². The quantitative estimate of drug-likeness (QED) is 0.744. The van der Waals surface area contributed by atoms with Crippen LogP contribution in [0.4, 0.5) is 4.39 Å². The van der Waals surface area contributed by atoms with Crippen LogP contribution >= 0.6 is 11.3 Å². The van der Waals surface area contributed by atoms with Crippen molar-refractivity contribution in [2.24, 2.45) is 0 Å². The smallest absolute Gasteiger partial charge is 0.179 e. The Hall–Kier alpha value is -2.65. The third-order valence-electron chi connectivity index (χ3n) is 2.86. The van der Waals surface area contributed by atoms with E-state index in [9.17, 15) is 4.39 Å². The third-order valence-corrected chi connectivity index (χ3v) is 3.71. The second-order valence-corrected chi connectivity index (χ2v) is 5.24. The molecule has 0 fully saturated rings. The van der Waals surface area contributed by atoms with Gasteiger partial charge in [-0.15, -0.1) is 11.3 Å². The van der Waals surface area contributed by atoms with Crippen LogP contribution in [-0.2, 0) is 6.42 Å². The van der Waals surface area contributed by atoms with E-state index in [1.807, 2.05) is 11.4 Å². The molecule has 0 saturated carbocycles. The van der Waals surface area contributed by atoms with Gasteiger partial charge >= 0.3 is 0 Å². The first-order valence-corrected chi connectivity index (χ1v) is 7.04. The molecular weight excluding hydrogens is 287 g/mol. The van der Waals surface area contributed by atoms with Crippen LogP contribution in [0.15, 0.2) is 42.0 Å². The summed E-state index contributed by atoms with van der Waals surface area (Å²) in [6.45, 7) is 0. The number of rotatable bonds is 3. The Labute approximate surface area is 124 Å². The first-order chi connectivity index (χ1) is 10.3. The zero-order valence-corrected chi connectivity index (χ0v) is 11.6. The molecule has 0 unspecified atom stereocenters. The lowest BCUT2D eigenvalue weighted by Gasteiger charge is -1.99. The van der Waals surface area contributed by atoms with Crippen LogP contribution in [0, 0.1) is 17.1 Å². The highest BCUT2D eigenvalue weighted by Gasteiger charge is 2.09. The SMILES string of the molecule is N#Cc1cnc(-c2csc(Cc3ccccc3F)n2)nc1. The van der Waals surface area contributed by atoms with Crippen LogP contribution in [-0.4, -0.2) is 15.0 Å². The van der Waals surface area contributed by atoms with Crippen LogP contribution in [0.2, 0.25) is 0 Å². The molecule has 3 aromatic rings. The summed E-state index contributed by atoms with van der Waals surface area (Å²) in [5.41, 5.74) is 1.65. The molecule has 4 nitrogen and oxygen atoms in total. The van der Waals surface area contributed by atoms with Gasteiger partial charge in [-0.05, 0) is 11.6 Å². The van der Waals surface area contributed by atoms with Gasteiger partial charge in [-0.3, -0.25) is 0 Å². The molecule has 2 heterocycles. The van der Waals surface area contributed by atoms with Crippen molar-refractivity contribution in [3.8, 4) is 17.6 Å². The molecule has 6 heteroatoms. The van der Waals surface area contributed by atoms with E-state index >= 15 is 0 Å². The molecule has 0 N–H and O–H groups in total. The maximum atomic E-state index is 13.6. The molecule has 0 amide bonds. The van der Waals surface area contributed by atoms with Crippen molar-refractivity contribution in [3.63, 3.8) is 0 Å². The lowest BCUT2D eigenvalue weighted by Crippen LogP contribution is -1.93. The maximum Gasteiger partial charge on any atom is 0.179 e. The molecule has 21 heavy (non-hydrogen) atoms. The minimum absolute atomic E-state index is 0.233.